The van der Waals surface area contributed by atoms with Gasteiger partial charge in [0.1, 0.15) is 0 Å². The summed E-state index contributed by atoms with van der Waals surface area (Å²) in [5, 5.41) is 12.4. The molecule has 0 saturated carbocycles. The first-order valence-electron chi connectivity index (χ1n) is 11.7. The van der Waals surface area contributed by atoms with Crippen LogP contribution in [0.3, 0.4) is 0 Å². The second kappa shape index (κ2) is 10.1. The number of benzene rings is 3. The summed E-state index contributed by atoms with van der Waals surface area (Å²) in [5.41, 5.74) is 0.925. The number of nitrogens with one attached hydrogen (secondary N) is 1. The number of halogens is 4. The van der Waals surface area contributed by atoms with Crippen LogP contribution >= 0.6 is 0 Å². The number of imidazole rings is 1. The Kier molecular flexibility index (Phi) is 6.92. The molecule has 9 nitrogen and oxygen atoms in total. The third-order valence-electron chi connectivity index (χ3n) is 6.27. The molecule has 0 radical (unpaired) electrons. The maximum Gasteiger partial charge on any atom is 0.586 e. The van der Waals surface area contributed by atoms with E-state index in [9.17, 15) is 35.9 Å². The normalized spacial score (nSPS) is 15.0. The minimum Gasteiger partial charge on any atom is -0.395 e. The summed E-state index contributed by atoms with van der Waals surface area (Å²) >= 11 is 0. The Balaban J connectivity index is 1.42. The van der Waals surface area contributed by atoms with Crippen LogP contribution in [0.1, 0.15) is 39.8 Å². The molecule has 0 spiro atoms. The highest BCUT2D eigenvalue weighted by molar-refractivity contribution is 7.90. The highest BCUT2D eigenvalue weighted by Gasteiger charge is 2.44. The van der Waals surface area contributed by atoms with Crippen molar-refractivity contribution in [3.8, 4) is 11.5 Å². The van der Waals surface area contributed by atoms with Crippen LogP contribution in [0, 0.1) is 0 Å². The zero-order chi connectivity index (χ0) is 28.8. The van der Waals surface area contributed by atoms with Crippen LogP contribution < -0.4 is 14.8 Å². The average molecular weight is 580 g/mol. The first-order chi connectivity index (χ1) is 18.9. The number of aromatic nitrogens is 2. The number of aliphatic hydroxyl groups is 1. The Morgan fingerprint density at radius 3 is 2.48 bits per heavy atom. The van der Waals surface area contributed by atoms with Gasteiger partial charge in [-0.3, -0.25) is 4.79 Å². The van der Waals surface area contributed by atoms with Gasteiger partial charge in [0.05, 0.1) is 35.1 Å². The molecule has 0 fully saturated rings. The number of hydrogen-bond donors (Lipinski definition) is 2. The lowest BCUT2D eigenvalue weighted by atomic mass is 10.1. The van der Waals surface area contributed by atoms with E-state index in [-0.39, 0.29) is 45.1 Å². The van der Waals surface area contributed by atoms with E-state index in [0.29, 0.717) is 5.56 Å². The minimum absolute atomic E-state index is 0.0519. The van der Waals surface area contributed by atoms with E-state index in [1.807, 2.05) is 0 Å². The third kappa shape index (κ3) is 5.31. The van der Waals surface area contributed by atoms with Gasteiger partial charge in [-0.15, -0.1) is 8.78 Å². The average Bonchev–Trinajstić information content (AvgIpc) is 3.42. The fourth-order valence-electron chi connectivity index (χ4n) is 4.37. The quantitative estimate of drug-likeness (QED) is 0.300. The zero-order valence-electron chi connectivity index (χ0n) is 20.6. The molecule has 1 aromatic heterocycles. The van der Waals surface area contributed by atoms with Crippen LogP contribution in [0.25, 0.3) is 11.0 Å². The summed E-state index contributed by atoms with van der Waals surface area (Å²) in [4.78, 5) is 17.0. The maximum absolute atomic E-state index is 13.9. The van der Waals surface area contributed by atoms with Gasteiger partial charge in [-0.25, -0.2) is 22.2 Å². The molecule has 0 bridgehead atoms. The standard InChI is InChI=1S/C26H21F4N3O6S/c1-40(36,37)17-8-5-14(6-9-17)19(13-34)32-25(35)15-7-10-20-18(11-15)31-24(23(27)28)33(20)12-16-3-2-4-21-22(16)39-26(29,30)38-21/h2-11,19,23,34H,12-13H2,1H3,(H,32,35). The largest absolute Gasteiger partial charge is 0.586 e. The van der Waals surface area contributed by atoms with Crippen LogP contribution in [0.5, 0.6) is 11.5 Å². The number of hydrogen-bond acceptors (Lipinski definition) is 7. The molecular formula is C26H21F4N3O6S. The van der Waals surface area contributed by atoms with Crippen molar-refractivity contribution in [2.24, 2.45) is 0 Å². The van der Waals surface area contributed by atoms with E-state index in [1.165, 1.54) is 60.7 Å². The highest BCUT2D eigenvalue weighted by Crippen LogP contribution is 2.44. The molecule has 3 aromatic carbocycles. The number of carbonyl (C=O) groups is 1. The molecule has 5 rings (SSSR count). The van der Waals surface area contributed by atoms with Crippen molar-refractivity contribution < 1.29 is 45.4 Å². The monoisotopic (exact) mass is 579 g/mol. The fraction of sp³-hybridized carbons (Fsp3) is 0.231. The van der Waals surface area contributed by atoms with E-state index >= 15 is 0 Å². The molecule has 1 aliphatic heterocycles. The van der Waals surface area contributed by atoms with Crippen LogP contribution in [-0.2, 0) is 16.4 Å². The van der Waals surface area contributed by atoms with E-state index in [1.54, 1.807) is 0 Å². The van der Waals surface area contributed by atoms with E-state index in [4.69, 9.17) is 0 Å². The number of sulfone groups is 1. The number of rotatable bonds is 8. The van der Waals surface area contributed by atoms with Crippen molar-refractivity contribution in [1.29, 1.82) is 0 Å². The molecule has 4 aromatic rings. The van der Waals surface area contributed by atoms with Gasteiger partial charge >= 0.3 is 6.29 Å². The molecule has 1 aliphatic rings. The van der Waals surface area contributed by atoms with Crippen molar-refractivity contribution in [3.05, 3.63) is 83.2 Å². The predicted octanol–water partition coefficient (Wildman–Crippen LogP) is 4.21. The smallest absolute Gasteiger partial charge is 0.395 e. The Morgan fingerprint density at radius 2 is 1.82 bits per heavy atom. The lowest BCUT2D eigenvalue weighted by Gasteiger charge is -2.17. The van der Waals surface area contributed by atoms with Crippen LogP contribution in [-0.4, -0.2) is 48.1 Å². The zero-order valence-corrected chi connectivity index (χ0v) is 21.5. The molecule has 1 amide bonds. The first-order valence-corrected chi connectivity index (χ1v) is 13.6. The van der Waals surface area contributed by atoms with E-state index in [2.05, 4.69) is 19.8 Å². The number of aliphatic hydroxyl groups excluding tert-OH is 1. The van der Waals surface area contributed by atoms with Crippen LogP contribution in [0.15, 0.2) is 65.6 Å². The molecule has 1 unspecified atom stereocenters. The van der Waals surface area contributed by atoms with Crippen molar-refractivity contribution in [3.63, 3.8) is 0 Å². The summed E-state index contributed by atoms with van der Waals surface area (Å²) in [6.45, 7) is -0.789. The molecule has 14 heteroatoms. The number of fused-ring (bicyclic) bond motifs is 2. The maximum atomic E-state index is 13.9. The first kappa shape index (κ1) is 27.4. The van der Waals surface area contributed by atoms with Crippen LogP contribution in [0.2, 0.25) is 0 Å². The van der Waals surface area contributed by atoms with E-state index in [0.717, 1.165) is 10.8 Å². The second-order valence-electron chi connectivity index (χ2n) is 9.02. The van der Waals surface area contributed by atoms with Crippen molar-refractivity contribution >= 4 is 26.8 Å². The molecule has 0 saturated heterocycles. The Morgan fingerprint density at radius 1 is 1.10 bits per heavy atom. The highest BCUT2D eigenvalue weighted by atomic mass is 32.2. The van der Waals surface area contributed by atoms with Gasteiger partial charge in [-0.2, -0.15) is 0 Å². The molecule has 2 N–H and O–H groups in total. The number of alkyl halides is 4. The fourth-order valence-corrected chi connectivity index (χ4v) is 5.00. The second-order valence-corrected chi connectivity index (χ2v) is 11.0. The molecule has 40 heavy (non-hydrogen) atoms. The summed E-state index contributed by atoms with van der Waals surface area (Å²) in [6, 6.07) is 12.9. The molecule has 2 heterocycles. The number of amides is 1. The van der Waals surface area contributed by atoms with Gasteiger partial charge in [0.25, 0.3) is 12.3 Å². The van der Waals surface area contributed by atoms with Gasteiger partial charge in [0.15, 0.2) is 27.2 Å². The van der Waals surface area contributed by atoms with Crippen molar-refractivity contribution in [2.45, 2.75) is 30.2 Å². The van der Waals surface area contributed by atoms with Crippen molar-refractivity contribution in [1.82, 2.24) is 14.9 Å². The Labute approximate surface area is 224 Å². The van der Waals surface area contributed by atoms with Gasteiger partial charge in [-0.05, 0) is 42.0 Å². The minimum atomic E-state index is -3.88. The van der Waals surface area contributed by atoms with Gasteiger partial charge in [0, 0.05) is 17.4 Å². The SMILES string of the molecule is CS(=O)(=O)c1ccc(C(CO)NC(=O)c2ccc3c(c2)nc(C(F)F)n3Cc2cccc3c2OC(F)(F)O3)cc1. The number of ether oxygens (including phenoxy) is 2. The summed E-state index contributed by atoms with van der Waals surface area (Å²) in [6.07, 6.45) is -5.85. The molecular weight excluding hydrogens is 558 g/mol. The third-order valence-corrected chi connectivity index (χ3v) is 7.40. The van der Waals surface area contributed by atoms with Gasteiger partial charge < -0.3 is 24.5 Å². The van der Waals surface area contributed by atoms with Gasteiger partial charge in [0.2, 0.25) is 0 Å². The Bertz CT molecular complexity index is 1710. The summed E-state index contributed by atoms with van der Waals surface area (Å²) in [7, 11) is -3.43. The summed E-state index contributed by atoms with van der Waals surface area (Å²) < 4.78 is 88.6. The number of carbonyl (C=O) groups excluding carboxylic acids is 1. The summed E-state index contributed by atoms with van der Waals surface area (Å²) in [5.74, 6) is -1.79. The lowest BCUT2D eigenvalue weighted by molar-refractivity contribution is -0.287. The van der Waals surface area contributed by atoms with Crippen LogP contribution in [0.4, 0.5) is 17.6 Å². The van der Waals surface area contributed by atoms with Crippen molar-refractivity contribution in [2.75, 3.05) is 12.9 Å². The van der Waals surface area contributed by atoms with Gasteiger partial charge in [-0.1, -0.05) is 24.3 Å². The number of para-hydroxylation sites is 1. The lowest BCUT2D eigenvalue weighted by Crippen LogP contribution is -2.30. The van der Waals surface area contributed by atoms with E-state index < -0.39 is 46.9 Å². The topological polar surface area (TPSA) is 120 Å². The molecule has 1 atom stereocenters. The predicted molar refractivity (Wildman–Crippen MR) is 133 cm³/mol. The number of nitrogens with zero attached hydrogens (tertiary/aromatic N) is 2. The Hall–Kier alpha value is -4.17. The molecule has 0 aliphatic carbocycles. The molecule has 210 valence electrons.